The summed E-state index contributed by atoms with van der Waals surface area (Å²) in [5.74, 6) is 0. The minimum absolute atomic E-state index is 0.0166. The monoisotopic (exact) mass is 342 g/mol. The van der Waals surface area contributed by atoms with E-state index in [1.165, 1.54) is 0 Å². The number of aliphatic hydroxyl groups excluding tert-OH is 1. The van der Waals surface area contributed by atoms with Crippen molar-refractivity contribution >= 4 is 12.2 Å². The fourth-order valence-electron chi connectivity index (χ4n) is 3.29. The highest BCUT2D eigenvalue weighted by Crippen LogP contribution is 2.29. The lowest BCUT2D eigenvalue weighted by Crippen LogP contribution is -2.56. The van der Waals surface area contributed by atoms with Crippen LogP contribution >= 0.6 is 0 Å². The van der Waals surface area contributed by atoms with Gasteiger partial charge in [0.15, 0.2) is 0 Å². The number of nitrogens with one attached hydrogen (secondary N) is 1. The number of carbonyl (C=O) groups excluding carboxylic acids is 2. The van der Waals surface area contributed by atoms with E-state index in [0.717, 1.165) is 32.1 Å². The summed E-state index contributed by atoms with van der Waals surface area (Å²) in [5, 5.41) is 11.6. The van der Waals surface area contributed by atoms with Crippen molar-refractivity contribution in [2.75, 3.05) is 13.2 Å². The standard InChI is InChI=1S/C17H30N2O5/c1-17(2,3)24-16(22)19-11-13-14(23-15(21)18-13)10-12(19)8-6-4-5-7-9-20/h12-14,20H,4-11H2,1-3H3,(H,18,21)/t12-,13+,14-/m1/s1. The summed E-state index contributed by atoms with van der Waals surface area (Å²) in [6.07, 6.45) is 4.38. The normalized spacial score (nSPS) is 26.6. The van der Waals surface area contributed by atoms with Crippen LogP contribution in [0.5, 0.6) is 0 Å². The Kier molecular flexibility index (Phi) is 6.32. The number of carbonyl (C=O) groups is 2. The average molecular weight is 342 g/mol. The topological polar surface area (TPSA) is 88.1 Å². The summed E-state index contributed by atoms with van der Waals surface area (Å²) in [6, 6.07) is -0.140. The van der Waals surface area contributed by atoms with Crippen LogP contribution in [0.4, 0.5) is 9.59 Å². The van der Waals surface area contributed by atoms with Crippen LogP contribution in [-0.2, 0) is 9.47 Å². The summed E-state index contributed by atoms with van der Waals surface area (Å²) in [6.45, 7) is 6.19. The van der Waals surface area contributed by atoms with Crippen LogP contribution in [0.15, 0.2) is 0 Å². The van der Waals surface area contributed by atoms with Gasteiger partial charge in [0.2, 0.25) is 0 Å². The summed E-state index contributed by atoms with van der Waals surface area (Å²) in [4.78, 5) is 25.8. The molecule has 0 aromatic heterocycles. The third-order valence-electron chi connectivity index (χ3n) is 4.42. The molecule has 0 bridgehead atoms. The number of fused-ring (bicyclic) bond motifs is 1. The Labute approximate surface area is 143 Å². The van der Waals surface area contributed by atoms with E-state index in [0.29, 0.717) is 13.0 Å². The first-order valence-corrected chi connectivity index (χ1v) is 8.88. The Hall–Kier alpha value is -1.50. The molecule has 2 aliphatic rings. The van der Waals surface area contributed by atoms with Gasteiger partial charge in [-0.2, -0.15) is 0 Å². The number of rotatable bonds is 6. The van der Waals surface area contributed by atoms with Crippen molar-refractivity contribution in [3.05, 3.63) is 0 Å². The first kappa shape index (κ1) is 18.8. The second-order valence-electron chi connectivity index (χ2n) is 7.64. The molecule has 7 heteroatoms. The van der Waals surface area contributed by atoms with E-state index in [-0.39, 0.29) is 30.9 Å². The molecule has 0 aliphatic carbocycles. The Morgan fingerprint density at radius 1 is 1.33 bits per heavy atom. The Morgan fingerprint density at radius 2 is 2.04 bits per heavy atom. The number of piperidine rings is 1. The lowest BCUT2D eigenvalue weighted by Gasteiger charge is -2.40. The molecule has 0 unspecified atom stereocenters. The Morgan fingerprint density at radius 3 is 2.71 bits per heavy atom. The molecule has 0 saturated carbocycles. The number of alkyl carbamates (subject to hydrolysis) is 1. The van der Waals surface area contributed by atoms with Gasteiger partial charge < -0.3 is 24.8 Å². The lowest BCUT2D eigenvalue weighted by atomic mass is 9.92. The molecule has 0 radical (unpaired) electrons. The summed E-state index contributed by atoms with van der Waals surface area (Å²) < 4.78 is 10.8. The van der Waals surface area contributed by atoms with Crippen molar-refractivity contribution in [3.63, 3.8) is 0 Å². The highest BCUT2D eigenvalue weighted by atomic mass is 16.6. The first-order valence-electron chi connectivity index (χ1n) is 8.88. The van der Waals surface area contributed by atoms with E-state index >= 15 is 0 Å². The van der Waals surface area contributed by atoms with E-state index in [1.54, 1.807) is 4.90 Å². The van der Waals surface area contributed by atoms with Crippen LogP contribution < -0.4 is 5.32 Å². The van der Waals surface area contributed by atoms with Crippen LogP contribution in [0.2, 0.25) is 0 Å². The largest absolute Gasteiger partial charge is 0.444 e. The fraction of sp³-hybridized carbons (Fsp3) is 0.882. The number of amides is 2. The molecule has 0 aromatic rings. The second-order valence-corrected chi connectivity index (χ2v) is 7.64. The highest BCUT2D eigenvalue weighted by molar-refractivity contribution is 5.72. The second kappa shape index (κ2) is 8.05. The van der Waals surface area contributed by atoms with Crippen LogP contribution in [0.3, 0.4) is 0 Å². The van der Waals surface area contributed by atoms with Crippen molar-refractivity contribution in [1.82, 2.24) is 10.2 Å². The van der Waals surface area contributed by atoms with Crippen molar-refractivity contribution in [1.29, 1.82) is 0 Å². The van der Waals surface area contributed by atoms with Crippen molar-refractivity contribution < 1.29 is 24.2 Å². The van der Waals surface area contributed by atoms with Gasteiger partial charge in [-0.3, -0.25) is 0 Å². The van der Waals surface area contributed by atoms with E-state index < -0.39 is 11.7 Å². The molecule has 2 amide bonds. The molecule has 2 fully saturated rings. The molecule has 24 heavy (non-hydrogen) atoms. The SMILES string of the molecule is CC(C)(C)OC(=O)N1C[C@@H]2NC(=O)O[C@@H]2C[C@H]1CCCCCCO. The van der Waals surface area contributed by atoms with Crippen molar-refractivity contribution in [2.45, 2.75) is 83.1 Å². The molecule has 7 nitrogen and oxygen atoms in total. The lowest BCUT2D eigenvalue weighted by molar-refractivity contribution is -0.00869. The predicted octanol–water partition coefficient (Wildman–Crippen LogP) is 2.42. The van der Waals surface area contributed by atoms with Gasteiger partial charge in [-0.15, -0.1) is 0 Å². The van der Waals surface area contributed by atoms with Gasteiger partial charge in [-0.1, -0.05) is 19.3 Å². The zero-order valence-electron chi connectivity index (χ0n) is 14.9. The molecule has 0 aromatic carbocycles. The molecule has 2 N–H and O–H groups in total. The van der Waals surface area contributed by atoms with E-state index in [4.69, 9.17) is 14.6 Å². The van der Waals surface area contributed by atoms with Gasteiger partial charge in [0.05, 0.1) is 6.04 Å². The van der Waals surface area contributed by atoms with E-state index in [9.17, 15) is 9.59 Å². The number of unbranched alkanes of at least 4 members (excludes halogenated alkanes) is 3. The Balaban J connectivity index is 1.96. The molecule has 2 heterocycles. The van der Waals surface area contributed by atoms with Gasteiger partial charge in [-0.25, -0.2) is 9.59 Å². The smallest absolute Gasteiger partial charge is 0.410 e. The minimum atomic E-state index is -0.547. The molecule has 3 atom stereocenters. The first-order chi connectivity index (χ1) is 11.3. The molecule has 138 valence electrons. The highest BCUT2D eigenvalue weighted by Gasteiger charge is 2.45. The van der Waals surface area contributed by atoms with Gasteiger partial charge in [-0.05, 0) is 33.6 Å². The van der Waals surface area contributed by atoms with E-state index in [2.05, 4.69) is 5.32 Å². The predicted molar refractivity (Wildman–Crippen MR) is 88.7 cm³/mol. The zero-order valence-corrected chi connectivity index (χ0v) is 14.9. The van der Waals surface area contributed by atoms with Crippen LogP contribution in [0, 0.1) is 0 Å². The maximum Gasteiger partial charge on any atom is 0.410 e. The zero-order chi connectivity index (χ0) is 17.7. The number of hydrogen-bond donors (Lipinski definition) is 2. The van der Waals surface area contributed by atoms with Crippen LogP contribution in [0.1, 0.15) is 59.3 Å². The molecule has 2 rings (SSSR count). The van der Waals surface area contributed by atoms with Crippen molar-refractivity contribution in [3.8, 4) is 0 Å². The maximum atomic E-state index is 12.5. The molecule has 2 saturated heterocycles. The minimum Gasteiger partial charge on any atom is -0.444 e. The maximum absolute atomic E-state index is 12.5. The van der Waals surface area contributed by atoms with Gasteiger partial charge in [0.25, 0.3) is 0 Å². The third-order valence-corrected chi connectivity index (χ3v) is 4.42. The quantitative estimate of drug-likeness (QED) is 0.724. The molecule has 2 aliphatic heterocycles. The Bertz CT molecular complexity index is 449. The van der Waals surface area contributed by atoms with Crippen molar-refractivity contribution in [2.24, 2.45) is 0 Å². The molecular weight excluding hydrogens is 312 g/mol. The number of likely N-dealkylation sites (tertiary alicyclic amines) is 1. The summed E-state index contributed by atoms with van der Waals surface area (Å²) in [7, 11) is 0. The average Bonchev–Trinajstić information content (AvgIpc) is 2.83. The van der Waals surface area contributed by atoms with Gasteiger partial charge in [0.1, 0.15) is 11.7 Å². The molecule has 0 spiro atoms. The number of hydrogen-bond acceptors (Lipinski definition) is 5. The number of aliphatic hydroxyl groups is 1. The van der Waals surface area contributed by atoms with Gasteiger partial charge in [0, 0.05) is 25.6 Å². The summed E-state index contributed by atoms with van der Waals surface area (Å²) >= 11 is 0. The van der Waals surface area contributed by atoms with Gasteiger partial charge >= 0.3 is 12.2 Å². The van der Waals surface area contributed by atoms with Crippen LogP contribution in [0.25, 0.3) is 0 Å². The fourth-order valence-corrected chi connectivity index (χ4v) is 3.29. The van der Waals surface area contributed by atoms with Crippen LogP contribution in [-0.4, -0.2) is 59.1 Å². The van der Waals surface area contributed by atoms with E-state index in [1.807, 2.05) is 20.8 Å². The number of ether oxygens (including phenoxy) is 2. The number of nitrogens with zero attached hydrogens (tertiary/aromatic N) is 1. The third kappa shape index (κ3) is 5.26. The molecular formula is C17H30N2O5. The summed E-state index contributed by atoms with van der Waals surface area (Å²) in [5.41, 5.74) is -0.547.